The van der Waals surface area contributed by atoms with Crippen LogP contribution in [0.1, 0.15) is 27.2 Å². The lowest BCUT2D eigenvalue weighted by molar-refractivity contribution is 0.0946. The molecule has 1 aromatic heterocycles. The molecular formula is C13H13FN2OS. The first-order valence-electron chi connectivity index (χ1n) is 5.50. The average molecular weight is 264 g/mol. The minimum atomic E-state index is -0.212. The van der Waals surface area contributed by atoms with E-state index in [0.717, 1.165) is 5.56 Å². The predicted octanol–water partition coefficient (Wildman–Crippen LogP) is 2.83. The summed E-state index contributed by atoms with van der Waals surface area (Å²) in [6, 6.07) is 3.48. The Hall–Kier alpha value is -1.75. The molecule has 1 aromatic carbocycles. The van der Waals surface area contributed by atoms with Gasteiger partial charge >= 0.3 is 0 Å². The number of aromatic nitrogens is 1. The Morgan fingerprint density at radius 1 is 1.39 bits per heavy atom. The summed E-state index contributed by atoms with van der Waals surface area (Å²) in [7, 11) is 0. The first kappa shape index (κ1) is 12.7. The van der Waals surface area contributed by atoms with Gasteiger partial charge in [-0.2, -0.15) is 0 Å². The summed E-state index contributed by atoms with van der Waals surface area (Å²) in [4.78, 5) is 15.6. The van der Waals surface area contributed by atoms with Crippen molar-refractivity contribution in [3.63, 3.8) is 0 Å². The number of nitrogens with zero attached hydrogens (tertiary/aromatic N) is 1. The second-order valence-corrected chi connectivity index (χ2v) is 4.82. The molecule has 0 aliphatic carbocycles. The van der Waals surface area contributed by atoms with Gasteiger partial charge in [0.05, 0.1) is 5.51 Å². The predicted molar refractivity (Wildman–Crippen MR) is 69.2 cm³/mol. The van der Waals surface area contributed by atoms with Crippen LogP contribution in [-0.2, 0) is 6.54 Å². The van der Waals surface area contributed by atoms with E-state index in [-0.39, 0.29) is 11.7 Å². The number of benzene rings is 1. The summed E-state index contributed by atoms with van der Waals surface area (Å²) >= 11 is 1.37. The highest BCUT2D eigenvalue weighted by Gasteiger charge is 2.08. The van der Waals surface area contributed by atoms with E-state index in [1.807, 2.05) is 0 Å². The monoisotopic (exact) mass is 264 g/mol. The van der Waals surface area contributed by atoms with Gasteiger partial charge in [0.2, 0.25) is 0 Å². The van der Waals surface area contributed by atoms with E-state index in [2.05, 4.69) is 10.3 Å². The number of hydrogen-bond acceptors (Lipinski definition) is 3. The van der Waals surface area contributed by atoms with E-state index < -0.39 is 0 Å². The fraction of sp³-hybridized carbons (Fsp3) is 0.231. The average Bonchev–Trinajstić information content (AvgIpc) is 2.86. The molecule has 0 unspecified atom stereocenters. The van der Waals surface area contributed by atoms with Gasteiger partial charge < -0.3 is 5.32 Å². The van der Waals surface area contributed by atoms with Gasteiger partial charge in [-0.3, -0.25) is 4.79 Å². The van der Waals surface area contributed by atoms with Gasteiger partial charge in [-0.15, -0.1) is 11.3 Å². The van der Waals surface area contributed by atoms with E-state index in [0.29, 0.717) is 23.4 Å². The molecule has 1 amide bonds. The molecule has 0 saturated carbocycles. The van der Waals surface area contributed by atoms with Crippen LogP contribution in [0.15, 0.2) is 23.0 Å². The Morgan fingerprint density at radius 2 is 2.06 bits per heavy atom. The zero-order chi connectivity index (χ0) is 13.1. The van der Waals surface area contributed by atoms with Gasteiger partial charge in [-0.1, -0.05) is 12.1 Å². The van der Waals surface area contributed by atoms with Crippen LogP contribution >= 0.6 is 11.3 Å². The molecule has 0 fully saturated rings. The van der Waals surface area contributed by atoms with Crippen molar-refractivity contribution < 1.29 is 9.18 Å². The highest BCUT2D eigenvalue weighted by Crippen LogP contribution is 2.14. The van der Waals surface area contributed by atoms with Crippen molar-refractivity contribution in [2.24, 2.45) is 0 Å². The van der Waals surface area contributed by atoms with Crippen LogP contribution in [0.2, 0.25) is 0 Å². The molecule has 5 heteroatoms. The fourth-order valence-corrected chi connectivity index (χ4v) is 2.27. The maximum Gasteiger partial charge on any atom is 0.271 e. The molecule has 2 aromatic rings. The quantitative estimate of drug-likeness (QED) is 0.926. The van der Waals surface area contributed by atoms with Crippen LogP contribution in [0, 0.1) is 19.7 Å². The Balaban J connectivity index is 2.05. The summed E-state index contributed by atoms with van der Waals surface area (Å²) < 4.78 is 13.4. The van der Waals surface area contributed by atoms with Crippen molar-refractivity contribution >= 4 is 17.2 Å². The number of hydrogen-bond donors (Lipinski definition) is 1. The molecule has 3 nitrogen and oxygen atoms in total. The summed E-state index contributed by atoms with van der Waals surface area (Å²) in [6.45, 7) is 3.81. The number of amides is 1. The zero-order valence-electron chi connectivity index (χ0n) is 10.2. The standard InChI is InChI=1S/C13H13FN2OS/c1-8-3-10(4-9(2)12(8)14)5-15-13(17)11-6-18-7-16-11/h3-4,6-7H,5H2,1-2H3,(H,15,17). The lowest BCUT2D eigenvalue weighted by atomic mass is 10.1. The first-order chi connectivity index (χ1) is 8.58. The molecule has 1 heterocycles. The van der Waals surface area contributed by atoms with Crippen LogP contribution in [0.25, 0.3) is 0 Å². The Labute approximate surface area is 109 Å². The Bertz CT molecular complexity index is 543. The summed E-state index contributed by atoms with van der Waals surface area (Å²) in [5.41, 5.74) is 4.09. The molecule has 2 rings (SSSR count). The minimum absolute atomic E-state index is 0.190. The Morgan fingerprint density at radius 3 is 2.61 bits per heavy atom. The van der Waals surface area contributed by atoms with Crippen LogP contribution < -0.4 is 5.32 Å². The third kappa shape index (κ3) is 2.73. The van der Waals surface area contributed by atoms with E-state index in [4.69, 9.17) is 0 Å². The van der Waals surface area contributed by atoms with Crippen molar-refractivity contribution in [2.45, 2.75) is 20.4 Å². The van der Waals surface area contributed by atoms with Gasteiger partial charge in [0.25, 0.3) is 5.91 Å². The van der Waals surface area contributed by atoms with Crippen molar-refractivity contribution in [1.29, 1.82) is 0 Å². The first-order valence-corrected chi connectivity index (χ1v) is 6.44. The van der Waals surface area contributed by atoms with Crippen LogP contribution in [0.5, 0.6) is 0 Å². The smallest absolute Gasteiger partial charge is 0.271 e. The van der Waals surface area contributed by atoms with Gasteiger partial charge in [0.15, 0.2) is 0 Å². The fourth-order valence-electron chi connectivity index (χ4n) is 1.74. The maximum absolute atomic E-state index is 13.4. The van der Waals surface area contributed by atoms with Crippen LogP contribution in [-0.4, -0.2) is 10.9 Å². The molecule has 0 aliphatic rings. The normalized spacial score (nSPS) is 10.4. The summed E-state index contributed by atoms with van der Waals surface area (Å²) in [6.07, 6.45) is 0. The molecule has 0 spiro atoms. The number of carbonyl (C=O) groups excluding carboxylic acids is 1. The third-order valence-electron chi connectivity index (χ3n) is 2.61. The molecule has 0 saturated heterocycles. The molecule has 1 N–H and O–H groups in total. The second-order valence-electron chi connectivity index (χ2n) is 4.10. The van der Waals surface area contributed by atoms with Crippen LogP contribution in [0.3, 0.4) is 0 Å². The lowest BCUT2D eigenvalue weighted by Gasteiger charge is -2.07. The van der Waals surface area contributed by atoms with E-state index >= 15 is 0 Å². The molecule has 0 radical (unpaired) electrons. The molecular weight excluding hydrogens is 251 g/mol. The third-order valence-corrected chi connectivity index (χ3v) is 3.20. The van der Waals surface area contributed by atoms with Crippen molar-refractivity contribution in [2.75, 3.05) is 0 Å². The number of nitrogens with one attached hydrogen (secondary N) is 1. The summed E-state index contributed by atoms with van der Waals surface area (Å²) in [5.74, 6) is -0.402. The molecule has 18 heavy (non-hydrogen) atoms. The van der Waals surface area contributed by atoms with E-state index in [1.54, 1.807) is 36.9 Å². The molecule has 0 atom stereocenters. The number of rotatable bonds is 3. The van der Waals surface area contributed by atoms with Crippen molar-refractivity contribution in [3.05, 3.63) is 51.2 Å². The number of thiazole rings is 1. The lowest BCUT2D eigenvalue weighted by Crippen LogP contribution is -2.23. The molecule has 94 valence electrons. The SMILES string of the molecule is Cc1cc(CNC(=O)c2cscn2)cc(C)c1F. The second kappa shape index (κ2) is 5.27. The number of aryl methyl sites for hydroxylation is 2. The molecule has 0 aliphatic heterocycles. The van der Waals surface area contributed by atoms with E-state index in [9.17, 15) is 9.18 Å². The largest absolute Gasteiger partial charge is 0.347 e. The number of carbonyl (C=O) groups is 1. The molecule has 0 bridgehead atoms. The minimum Gasteiger partial charge on any atom is -0.347 e. The topological polar surface area (TPSA) is 42.0 Å². The van der Waals surface area contributed by atoms with Crippen LogP contribution in [0.4, 0.5) is 4.39 Å². The van der Waals surface area contributed by atoms with E-state index in [1.165, 1.54) is 11.3 Å². The maximum atomic E-state index is 13.4. The number of halogens is 1. The zero-order valence-corrected chi connectivity index (χ0v) is 11.0. The van der Waals surface area contributed by atoms with Gasteiger partial charge in [-0.25, -0.2) is 9.37 Å². The van der Waals surface area contributed by atoms with Gasteiger partial charge in [0.1, 0.15) is 11.5 Å². The van der Waals surface area contributed by atoms with Crippen molar-refractivity contribution in [3.8, 4) is 0 Å². The van der Waals surface area contributed by atoms with Gasteiger partial charge in [-0.05, 0) is 30.5 Å². The summed E-state index contributed by atoms with van der Waals surface area (Å²) in [5, 5.41) is 4.45. The Kier molecular flexibility index (Phi) is 3.72. The highest BCUT2D eigenvalue weighted by molar-refractivity contribution is 7.07. The van der Waals surface area contributed by atoms with Gasteiger partial charge in [0, 0.05) is 11.9 Å². The highest BCUT2D eigenvalue weighted by atomic mass is 32.1. The van der Waals surface area contributed by atoms with Crippen molar-refractivity contribution in [1.82, 2.24) is 10.3 Å².